The lowest BCUT2D eigenvalue weighted by molar-refractivity contribution is -0.144. The number of thiazole rings is 1. The van der Waals surface area contributed by atoms with E-state index in [1.54, 1.807) is 13.8 Å². The van der Waals surface area contributed by atoms with Crippen LogP contribution >= 0.6 is 11.3 Å². The van der Waals surface area contributed by atoms with Crippen molar-refractivity contribution in [3.63, 3.8) is 0 Å². The van der Waals surface area contributed by atoms with Gasteiger partial charge in [0.25, 0.3) is 11.6 Å². The number of amides is 1. The van der Waals surface area contributed by atoms with Gasteiger partial charge in [-0.3, -0.25) is 4.79 Å². The first-order chi connectivity index (χ1) is 12.6. The molecule has 11 heteroatoms. The molecule has 0 unspecified atom stereocenters. The van der Waals surface area contributed by atoms with Gasteiger partial charge in [0, 0.05) is 22.7 Å². The fourth-order valence-electron chi connectivity index (χ4n) is 2.64. The number of anilines is 1. The molecule has 7 nitrogen and oxygen atoms in total. The standard InChI is InChI=1S/C16H17F3N6OS/c1-7-10(4)27-15(21-7)22-12(26)6-5-11-8(2)20-14-23-13(16(17,18)19)24-25(14)9(11)3/h5-6H2,1-4H3,(H,21,22,26). The molecule has 0 radical (unpaired) electrons. The largest absolute Gasteiger partial charge is 0.453 e. The van der Waals surface area contributed by atoms with E-state index in [0.29, 0.717) is 28.5 Å². The van der Waals surface area contributed by atoms with Crippen molar-refractivity contribution in [3.8, 4) is 0 Å². The summed E-state index contributed by atoms with van der Waals surface area (Å²) in [5, 5.41) is 6.77. The van der Waals surface area contributed by atoms with E-state index in [0.717, 1.165) is 15.1 Å². The first-order valence-electron chi connectivity index (χ1n) is 8.10. The minimum absolute atomic E-state index is 0.112. The lowest BCUT2D eigenvalue weighted by Gasteiger charge is -2.10. The van der Waals surface area contributed by atoms with E-state index in [4.69, 9.17) is 0 Å². The van der Waals surface area contributed by atoms with Crippen LogP contribution in [-0.2, 0) is 17.4 Å². The molecular formula is C16H17F3N6OS. The number of hydrogen-bond acceptors (Lipinski definition) is 6. The molecule has 3 aromatic rings. The number of alkyl halides is 3. The lowest BCUT2D eigenvalue weighted by Crippen LogP contribution is -2.14. The van der Waals surface area contributed by atoms with Gasteiger partial charge in [-0.1, -0.05) is 0 Å². The predicted octanol–water partition coefficient (Wildman–Crippen LogP) is 3.40. The van der Waals surface area contributed by atoms with Gasteiger partial charge >= 0.3 is 6.18 Å². The Kier molecular flexibility index (Phi) is 4.89. The Morgan fingerprint density at radius 1 is 1.11 bits per heavy atom. The average molecular weight is 398 g/mol. The second-order valence-electron chi connectivity index (χ2n) is 6.11. The molecule has 3 rings (SSSR count). The molecule has 0 aromatic carbocycles. The summed E-state index contributed by atoms with van der Waals surface area (Å²) in [7, 11) is 0. The molecule has 27 heavy (non-hydrogen) atoms. The maximum atomic E-state index is 12.8. The number of fused-ring (bicyclic) bond motifs is 1. The number of nitrogens with zero attached hydrogens (tertiary/aromatic N) is 5. The highest BCUT2D eigenvalue weighted by molar-refractivity contribution is 7.15. The summed E-state index contributed by atoms with van der Waals surface area (Å²) >= 11 is 1.39. The van der Waals surface area contributed by atoms with Gasteiger partial charge in [-0.05, 0) is 39.7 Å². The molecule has 0 aliphatic rings. The van der Waals surface area contributed by atoms with Crippen molar-refractivity contribution < 1.29 is 18.0 Å². The molecule has 0 saturated carbocycles. The fraction of sp³-hybridized carbons (Fsp3) is 0.438. The van der Waals surface area contributed by atoms with Crippen molar-refractivity contribution in [1.29, 1.82) is 0 Å². The molecule has 0 aliphatic carbocycles. The van der Waals surface area contributed by atoms with Crippen molar-refractivity contribution in [1.82, 2.24) is 24.6 Å². The van der Waals surface area contributed by atoms with E-state index in [1.807, 2.05) is 13.8 Å². The Hall–Kier alpha value is -2.56. The molecule has 0 aliphatic heterocycles. The molecular weight excluding hydrogens is 381 g/mol. The van der Waals surface area contributed by atoms with Crippen LogP contribution in [0.1, 0.15) is 39.8 Å². The zero-order valence-electron chi connectivity index (χ0n) is 15.1. The fourth-order valence-corrected chi connectivity index (χ4v) is 3.47. The summed E-state index contributed by atoms with van der Waals surface area (Å²) in [6.07, 6.45) is -4.18. The van der Waals surface area contributed by atoms with Crippen LogP contribution in [0.4, 0.5) is 18.3 Å². The Morgan fingerprint density at radius 2 is 1.81 bits per heavy atom. The van der Waals surface area contributed by atoms with Crippen LogP contribution in [0.3, 0.4) is 0 Å². The van der Waals surface area contributed by atoms with E-state index < -0.39 is 12.0 Å². The van der Waals surface area contributed by atoms with Gasteiger partial charge in [-0.2, -0.15) is 18.2 Å². The number of aryl methyl sites for hydroxylation is 4. The van der Waals surface area contributed by atoms with Gasteiger partial charge in [-0.15, -0.1) is 16.4 Å². The number of rotatable bonds is 4. The van der Waals surface area contributed by atoms with Gasteiger partial charge in [0.15, 0.2) is 5.13 Å². The molecule has 1 N–H and O–H groups in total. The molecule has 0 spiro atoms. The Balaban J connectivity index is 1.79. The van der Waals surface area contributed by atoms with Gasteiger partial charge in [0.05, 0.1) is 5.69 Å². The van der Waals surface area contributed by atoms with Gasteiger partial charge in [0.1, 0.15) is 0 Å². The molecule has 0 bridgehead atoms. The number of halogens is 3. The van der Waals surface area contributed by atoms with E-state index in [2.05, 4.69) is 25.4 Å². The maximum absolute atomic E-state index is 12.8. The molecule has 144 valence electrons. The van der Waals surface area contributed by atoms with Crippen molar-refractivity contribution >= 4 is 28.2 Å². The minimum atomic E-state index is -4.64. The third-order valence-corrected chi connectivity index (χ3v) is 5.17. The van der Waals surface area contributed by atoms with Crippen LogP contribution in [0.5, 0.6) is 0 Å². The highest BCUT2D eigenvalue weighted by Crippen LogP contribution is 2.27. The van der Waals surface area contributed by atoms with E-state index >= 15 is 0 Å². The summed E-state index contributed by atoms with van der Waals surface area (Å²) < 4.78 is 39.5. The zero-order valence-corrected chi connectivity index (χ0v) is 15.9. The second-order valence-corrected chi connectivity index (χ2v) is 7.32. The van der Waals surface area contributed by atoms with Crippen LogP contribution in [0.2, 0.25) is 0 Å². The summed E-state index contributed by atoms with van der Waals surface area (Å²) in [6, 6.07) is 0. The Morgan fingerprint density at radius 3 is 2.41 bits per heavy atom. The van der Waals surface area contributed by atoms with Gasteiger partial charge < -0.3 is 5.32 Å². The monoisotopic (exact) mass is 398 g/mol. The SMILES string of the molecule is Cc1nc(NC(=O)CCc2c(C)nc3nc(C(F)(F)F)nn3c2C)sc1C. The number of aromatic nitrogens is 5. The maximum Gasteiger partial charge on any atom is 0.453 e. The van der Waals surface area contributed by atoms with Gasteiger partial charge in [-0.25, -0.2) is 14.5 Å². The predicted molar refractivity (Wildman–Crippen MR) is 93.8 cm³/mol. The zero-order chi connectivity index (χ0) is 19.9. The van der Waals surface area contributed by atoms with Gasteiger partial charge in [0.2, 0.25) is 5.91 Å². The van der Waals surface area contributed by atoms with Crippen LogP contribution < -0.4 is 5.32 Å². The Bertz CT molecular complexity index is 1000. The summed E-state index contributed by atoms with van der Waals surface area (Å²) in [5.74, 6) is -1.57. The number of hydrogen-bond donors (Lipinski definition) is 1. The number of carbonyl (C=O) groups excluding carboxylic acids is 1. The van der Waals surface area contributed by atoms with Crippen molar-refractivity contribution in [2.75, 3.05) is 5.32 Å². The van der Waals surface area contributed by atoms with Crippen molar-refractivity contribution in [3.05, 3.63) is 33.3 Å². The molecule has 1 amide bonds. The normalized spacial score (nSPS) is 12.0. The molecule has 3 heterocycles. The quantitative estimate of drug-likeness (QED) is 0.728. The number of nitrogens with one attached hydrogen (secondary N) is 1. The molecule has 0 saturated heterocycles. The summed E-state index contributed by atoms with van der Waals surface area (Å²) in [4.78, 5) is 25.0. The first kappa shape index (κ1) is 19.2. The number of carbonyl (C=O) groups is 1. The van der Waals surface area contributed by atoms with E-state index in [1.165, 1.54) is 11.3 Å². The first-order valence-corrected chi connectivity index (χ1v) is 8.92. The van der Waals surface area contributed by atoms with E-state index in [9.17, 15) is 18.0 Å². The smallest absolute Gasteiger partial charge is 0.302 e. The van der Waals surface area contributed by atoms with Crippen molar-refractivity contribution in [2.45, 2.75) is 46.7 Å². The lowest BCUT2D eigenvalue weighted by atomic mass is 10.1. The van der Waals surface area contributed by atoms with Crippen LogP contribution in [0.25, 0.3) is 5.78 Å². The minimum Gasteiger partial charge on any atom is -0.302 e. The topological polar surface area (TPSA) is 85.1 Å². The highest BCUT2D eigenvalue weighted by atomic mass is 32.1. The average Bonchev–Trinajstić information content (AvgIpc) is 3.10. The van der Waals surface area contributed by atoms with E-state index in [-0.39, 0.29) is 18.1 Å². The Labute approximate surface area is 156 Å². The summed E-state index contributed by atoms with van der Waals surface area (Å²) in [6.45, 7) is 7.10. The van der Waals surface area contributed by atoms with Crippen molar-refractivity contribution in [2.24, 2.45) is 0 Å². The molecule has 0 atom stereocenters. The summed E-state index contributed by atoms with van der Waals surface area (Å²) in [5.41, 5.74) is 2.54. The third kappa shape index (κ3) is 3.92. The molecule has 3 aromatic heterocycles. The van der Waals surface area contributed by atoms with Crippen LogP contribution in [-0.4, -0.2) is 30.5 Å². The van der Waals surface area contributed by atoms with Crippen LogP contribution in [0.15, 0.2) is 0 Å². The second kappa shape index (κ2) is 6.87. The molecule has 0 fully saturated rings. The third-order valence-electron chi connectivity index (χ3n) is 4.18. The van der Waals surface area contributed by atoms with Crippen LogP contribution in [0, 0.1) is 27.7 Å². The highest BCUT2D eigenvalue weighted by Gasteiger charge is 2.36.